The lowest BCUT2D eigenvalue weighted by molar-refractivity contribution is 0.510. The van der Waals surface area contributed by atoms with Gasteiger partial charge in [-0.05, 0) is 0 Å². The quantitative estimate of drug-likeness (QED) is 0.235. The molecule has 0 aliphatic rings. The first-order valence-corrected chi connectivity index (χ1v) is 9.24. The molecule has 0 amide bonds. The fourth-order valence-electron chi connectivity index (χ4n) is 3.69. The zero-order valence-corrected chi connectivity index (χ0v) is 16.8. The number of hydrogen-bond acceptors (Lipinski definition) is 8. The van der Waals surface area contributed by atoms with Crippen LogP contribution in [0.15, 0.2) is 8.83 Å². The minimum absolute atomic E-state index is 0.819. The van der Waals surface area contributed by atoms with Crippen LogP contribution in [-0.4, -0.2) is 9.97 Å². The molecule has 0 saturated carbocycles. The van der Waals surface area contributed by atoms with Gasteiger partial charge in [0.1, 0.15) is 35.3 Å². The van der Waals surface area contributed by atoms with Crippen LogP contribution >= 0.6 is 0 Å². The number of halogens is 6. The van der Waals surface area contributed by atoms with Crippen LogP contribution in [0.2, 0.25) is 0 Å². The van der Waals surface area contributed by atoms with E-state index in [-0.39, 0.29) is 0 Å². The zero-order valence-electron chi connectivity index (χ0n) is 16.8. The van der Waals surface area contributed by atoms with Crippen molar-refractivity contribution in [1.29, 1.82) is 21.0 Å². The van der Waals surface area contributed by atoms with Crippen LogP contribution in [0.4, 0.5) is 26.3 Å². The summed E-state index contributed by atoms with van der Waals surface area (Å²) in [7, 11) is 0. The van der Waals surface area contributed by atoms with E-state index in [0.717, 1.165) is 0 Å². The summed E-state index contributed by atoms with van der Waals surface area (Å²) in [6.07, 6.45) is 0. The molecule has 36 heavy (non-hydrogen) atoms. The maximum Gasteiger partial charge on any atom is 0.249 e. The van der Waals surface area contributed by atoms with Gasteiger partial charge in [-0.25, -0.2) is 36.3 Å². The van der Waals surface area contributed by atoms with Gasteiger partial charge in [-0.2, -0.15) is 21.0 Å². The van der Waals surface area contributed by atoms with Crippen molar-refractivity contribution < 1.29 is 35.2 Å². The third-order valence-electron chi connectivity index (χ3n) is 5.20. The van der Waals surface area contributed by atoms with Crippen LogP contribution in [0.3, 0.4) is 0 Å². The Morgan fingerprint density at radius 2 is 0.833 bits per heavy atom. The Balaban J connectivity index is 2.15. The summed E-state index contributed by atoms with van der Waals surface area (Å²) in [5, 5.41) is 30.2. The standard InChI is InChI=1S/C22F6N6O2/c23-11-9-7(15(27)19-17(13(9)25)33-21(35-19)5(1-29)2-30)8-10(12(11)24)14(26)18-20(16(8)28)36-22(34-18)6(3-31)4-32. The molecule has 2 aromatic heterocycles. The number of benzene rings is 3. The highest BCUT2D eigenvalue weighted by atomic mass is 19.2. The molecule has 0 unspecified atom stereocenters. The molecule has 5 rings (SSSR count). The fourth-order valence-corrected chi connectivity index (χ4v) is 3.69. The van der Waals surface area contributed by atoms with Gasteiger partial charge in [0, 0.05) is 10.8 Å². The van der Waals surface area contributed by atoms with Gasteiger partial charge in [0.2, 0.25) is 11.1 Å². The summed E-state index contributed by atoms with van der Waals surface area (Å²) in [6, 6.07) is 5.44. The molecular formula is C22F6N6O2. The van der Waals surface area contributed by atoms with E-state index in [0.29, 0.717) is 0 Å². The molecule has 0 saturated heterocycles. The molecule has 8 nitrogen and oxygen atoms in total. The van der Waals surface area contributed by atoms with Gasteiger partial charge in [0.25, 0.3) is 0 Å². The van der Waals surface area contributed by atoms with Gasteiger partial charge in [0.05, 0.1) is 10.8 Å². The van der Waals surface area contributed by atoms with E-state index >= 15 is 17.6 Å². The molecule has 0 aliphatic carbocycles. The molecule has 0 N–H and O–H groups in total. The topological polar surface area (TPSA) is 147 Å². The number of nitrogens with zero attached hydrogens (tertiary/aromatic N) is 6. The van der Waals surface area contributed by atoms with Gasteiger partial charge in [0.15, 0.2) is 57.2 Å². The average molecular weight is 494 g/mol. The van der Waals surface area contributed by atoms with Crippen molar-refractivity contribution in [2.45, 2.75) is 0 Å². The van der Waals surface area contributed by atoms with E-state index in [9.17, 15) is 8.78 Å². The summed E-state index contributed by atoms with van der Waals surface area (Å²) in [6.45, 7) is 0. The molecule has 0 spiro atoms. The maximum absolute atomic E-state index is 15.5. The van der Waals surface area contributed by atoms with Crippen LogP contribution in [0, 0.1) is 80.2 Å². The van der Waals surface area contributed by atoms with Crippen molar-refractivity contribution in [2.75, 3.05) is 0 Å². The number of aromatic nitrogens is 2. The molecule has 172 valence electrons. The SMILES string of the molecule is N#CC(C#N)=c1nc2c(F)c3c(F)c(F)c4c(F)c5nc(=C(C#N)C#N)oc5c(F)c4c3c(F)c2o1. The maximum atomic E-state index is 15.5. The predicted octanol–water partition coefficient (Wildman–Crippen LogP) is 3.51. The van der Waals surface area contributed by atoms with E-state index in [4.69, 9.17) is 29.9 Å². The molecule has 14 heteroatoms. The van der Waals surface area contributed by atoms with Crippen molar-refractivity contribution in [3.05, 3.63) is 46.0 Å². The second kappa shape index (κ2) is 7.45. The highest BCUT2D eigenvalue weighted by molar-refractivity contribution is 6.15. The van der Waals surface area contributed by atoms with Crippen LogP contribution < -0.4 is 11.1 Å². The third kappa shape index (κ3) is 2.61. The summed E-state index contributed by atoms with van der Waals surface area (Å²) >= 11 is 0. The van der Waals surface area contributed by atoms with E-state index in [1.165, 1.54) is 24.3 Å². The normalized spacial score (nSPS) is 10.9. The largest absolute Gasteiger partial charge is 0.431 e. The van der Waals surface area contributed by atoms with Gasteiger partial charge < -0.3 is 8.83 Å². The summed E-state index contributed by atoms with van der Waals surface area (Å²) in [5.41, 5.74) is -7.68. The van der Waals surface area contributed by atoms with Gasteiger partial charge in [-0.15, -0.1) is 0 Å². The Labute approximate surface area is 192 Å². The second-order valence-electron chi connectivity index (χ2n) is 6.97. The predicted molar refractivity (Wildman–Crippen MR) is 105 cm³/mol. The van der Waals surface area contributed by atoms with Crippen LogP contribution in [0.25, 0.3) is 54.9 Å². The number of hydrogen-bond donors (Lipinski definition) is 0. The minimum atomic E-state index is -2.12. The molecule has 5 aromatic rings. The molecule has 0 fully saturated rings. The Morgan fingerprint density at radius 3 is 1.14 bits per heavy atom. The van der Waals surface area contributed by atoms with Crippen molar-refractivity contribution in [3.8, 4) is 24.3 Å². The van der Waals surface area contributed by atoms with E-state index < -0.39 is 101 Å². The smallest absolute Gasteiger partial charge is 0.249 e. The first kappa shape index (κ1) is 22.2. The summed E-state index contributed by atoms with van der Waals surface area (Å²) in [4.78, 5) is 6.87. The van der Waals surface area contributed by atoms with E-state index in [1.807, 2.05) is 0 Å². The zero-order chi connectivity index (χ0) is 26.0. The molecule has 3 aromatic carbocycles. The fraction of sp³-hybridized carbons (Fsp3) is 0. The Morgan fingerprint density at radius 1 is 0.500 bits per heavy atom. The van der Waals surface area contributed by atoms with Gasteiger partial charge >= 0.3 is 0 Å². The van der Waals surface area contributed by atoms with Crippen LogP contribution in [0.1, 0.15) is 0 Å². The lowest BCUT2D eigenvalue weighted by Gasteiger charge is -2.11. The highest BCUT2D eigenvalue weighted by Gasteiger charge is 2.32. The van der Waals surface area contributed by atoms with Gasteiger partial charge in [-0.3, -0.25) is 0 Å². The number of oxazole rings is 2. The van der Waals surface area contributed by atoms with E-state index in [1.54, 1.807) is 0 Å². The lowest BCUT2D eigenvalue weighted by Crippen LogP contribution is -2.04. The number of rotatable bonds is 0. The second-order valence-corrected chi connectivity index (χ2v) is 6.97. The third-order valence-corrected chi connectivity index (χ3v) is 5.20. The summed E-state index contributed by atoms with van der Waals surface area (Å²) < 4.78 is 101. The molecule has 0 atom stereocenters. The van der Waals surface area contributed by atoms with Crippen molar-refractivity contribution in [2.24, 2.45) is 0 Å². The first-order chi connectivity index (χ1) is 17.2. The van der Waals surface area contributed by atoms with Gasteiger partial charge in [-0.1, -0.05) is 0 Å². The van der Waals surface area contributed by atoms with Crippen molar-refractivity contribution >= 4 is 54.9 Å². The molecular weight excluding hydrogens is 494 g/mol. The monoisotopic (exact) mass is 494 g/mol. The average Bonchev–Trinajstić information content (AvgIpc) is 3.50. The molecule has 0 aliphatic heterocycles. The Hall–Kier alpha value is -5.60. The minimum Gasteiger partial charge on any atom is -0.431 e. The Kier molecular flexibility index (Phi) is 4.60. The van der Waals surface area contributed by atoms with Crippen LogP contribution in [0.5, 0.6) is 0 Å². The Bertz CT molecular complexity index is 1980. The lowest BCUT2D eigenvalue weighted by atomic mass is 9.97. The summed E-state index contributed by atoms with van der Waals surface area (Å²) in [5.74, 6) is -11.2. The number of fused-ring (bicyclic) bond motifs is 5. The molecule has 0 radical (unpaired) electrons. The van der Waals surface area contributed by atoms with Crippen molar-refractivity contribution in [1.82, 2.24) is 9.97 Å². The van der Waals surface area contributed by atoms with E-state index in [2.05, 4.69) is 9.97 Å². The van der Waals surface area contributed by atoms with Crippen LogP contribution in [-0.2, 0) is 0 Å². The molecule has 2 heterocycles. The molecule has 0 bridgehead atoms. The van der Waals surface area contributed by atoms with Crippen molar-refractivity contribution in [3.63, 3.8) is 0 Å². The highest BCUT2D eigenvalue weighted by Crippen LogP contribution is 2.42. The first-order valence-electron chi connectivity index (χ1n) is 9.24. The number of nitriles is 4.